The van der Waals surface area contributed by atoms with Gasteiger partial charge in [0.15, 0.2) is 6.61 Å². The first-order chi connectivity index (χ1) is 16.6. The molecule has 1 heterocycles. The number of hydrogen-bond acceptors (Lipinski definition) is 7. The number of amidine groups is 1. The molecule has 1 fully saturated rings. The van der Waals surface area contributed by atoms with Gasteiger partial charge >= 0.3 is 0 Å². The fourth-order valence-corrected chi connectivity index (χ4v) is 4.76. The highest BCUT2D eigenvalue weighted by Crippen LogP contribution is 2.27. The molecule has 10 nitrogen and oxygen atoms in total. The lowest BCUT2D eigenvalue weighted by molar-refractivity contribution is -0.137. The maximum absolute atomic E-state index is 12.8. The van der Waals surface area contributed by atoms with Crippen molar-refractivity contribution in [1.82, 2.24) is 9.62 Å². The van der Waals surface area contributed by atoms with E-state index < -0.39 is 15.8 Å². The molecule has 0 aliphatic carbocycles. The third-order valence-electron chi connectivity index (χ3n) is 5.72. The number of phenols is 1. The van der Waals surface area contributed by atoms with Crippen molar-refractivity contribution in [1.29, 1.82) is 5.41 Å². The van der Waals surface area contributed by atoms with Crippen LogP contribution in [0.15, 0.2) is 41.3 Å². The van der Waals surface area contributed by atoms with Crippen molar-refractivity contribution in [3.8, 4) is 11.5 Å². The van der Waals surface area contributed by atoms with E-state index in [2.05, 4.69) is 4.72 Å². The molecule has 1 amide bonds. The molecule has 0 spiro atoms. The van der Waals surface area contributed by atoms with Crippen LogP contribution in [0.4, 0.5) is 0 Å². The predicted molar refractivity (Wildman–Crippen MR) is 131 cm³/mol. The molecule has 2 aromatic rings. The fourth-order valence-electron chi connectivity index (χ4n) is 3.61. The SMILES string of the molecule is CC(C)c1ccc(CCNS(=O)(=O)c2cc(C(=N)N)ccc2O)c(OCC(=O)N2CCOCC2)c1. The van der Waals surface area contributed by atoms with Gasteiger partial charge in [-0.1, -0.05) is 26.0 Å². The molecule has 1 saturated heterocycles. The maximum atomic E-state index is 12.8. The predicted octanol–water partition coefficient (Wildman–Crippen LogP) is 1.56. The molecule has 0 aromatic heterocycles. The number of nitrogens with one attached hydrogen (secondary N) is 2. The minimum Gasteiger partial charge on any atom is -0.507 e. The number of rotatable bonds is 10. The summed E-state index contributed by atoms with van der Waals surface area (Å²) >= 11 is 0. The van der Waals surface area contributed by atoms with Crippen molar-refractivity contribution in [3.63, 3.8) is 0 Å². The molecule has 11 heteroatoms. The van der Waals surface area contributed by atoms with E-state index in [1.165, 1.54) is 12.1 Å². The molecule has 0 radical (unpaired) electrons. The number of nitrogens with two attached hydrogens (primary N) is 1. The number of nitrogen functional groups attached to an aromatic ring is 1. The van der Waals surface area contributed by atoms with Gasteiger partial charge in [0, 0.05) is 25.2 Å². The molecule has 0 saturated carbocycles. The van der Waals surface area contributed by atoms with E-state index in [9.17, 15) is 18.3 Å². The third-order valence-corrected chi connectivity index (χ3v) is 7.21. The van der Waals surface area contributed by atoms with Crippen LogP contribution in [0, 0.1) is 5.41 Å². The number of ether oxygens (including phenoxy) is 2. The number of nitrogens with zero attached hydrogens (tertiary/aromatic N) is 1. The number of sulfonamides is 1. The molecular weight excluding hydrogens is 472 g/mol. The van der Waals surface area contributed by atoms with Crippen LogP contribution in [0.3, 0.4) is 0 Å². The first-order valence-corrected chi connectivity index (χ1v) is 12.8. The smallest absolute Gasteiger partial charge is 0.260 e. The van der Waals surface area contributed by atoms with E-state index in [1.807, 2.05) is 32.0 Å². The Balaban J connectivity index is 1.70. The average Bonchev–Trinajstić information content (AvgIpc) is 2.83. The number of hydrogen-bond donors (Lipinski definition) is 4. The second-order valence-corrected chi connectivity index (χ2v) is 10.3. The van der Waals surface area contributed by atoms with Crippen LogP contribution >= 0.6 is 0 Å². The van der Waals surface area contributed by atoms with Gasteiger partial charge in [0.05, 0.1) is 13.2 Å². The molecule has 0 unspecified atom stereocenters. The number of carbonyl (C=O) groups is 1. The van der Waals surface area contributed by atoms with Gasteiger partial charge in [-0.2, -0.15) is 0 Å². The number of amides is 1. The standard InChI is InChI=1S/C24H32N4O6S/c1-16(2)18-4-3-17(21(13-18)34-15-23(30)28-9-11-33-12-10-28)7-8-27-35(31,32)22-14-19(24(25)26)5-6-20(22)29/h3-6,13-14,16,27,29H,7-12,15H2,1-2H3,(H3,25,26). The minimum atomic E-state index is -4.06. The van der Waals surface area contributed by atoms with E-state index in [4.69, 9.17) is 20.6 Å². The summed E-state index contributed by atoms with van der Waals surface area (Å²) < 4.78 is 39.2. The van der Waals surface area contributed by atoms with Crippen molar-refractivity contribution in [3.05, 3.63) is 53.1 Å². The van der Waals surface area contributed by atoms with Gasteiger partial charge in [-0.05, 0) is 47.7 Å². The highest BCUT2D eigenvalue weighted by Gasteiger charge is 2.21. The maximum Gasteiger partial charge on any atom is 0.260 e. The number of phenolic OH excluding ortho intramolecular Hbond substituents is 1. The summed E-state index contributed by atoms with van der Waals surface area (Å²) in [5.41, 5.74) is 7.41. The van der Waals surface area contributed by atoms with Crippen LogP contribution < -0.4 is 15.2 Å². The Hall–Kier alpha value is -3.15. The normalized spacial score (nSPS) is 14.2. The molecule has 190 valence electrons. The minimum absolute atomic E-state index is 0.0286. The number of aromatic hydroxyl groups is 1. The lowest BCUT2D eigenvalue weighted by atomic mass is 10.00. The Morgan fingerprint density at radius 2 is 1.94 bits per heavy atom. The van der Waals surface area contributed by atoms with Gasteiger partial charge in [0.1, 0.15) is 22.2 Å². The highest BCUT2D eigenvalue weighted by molar-refractivity contribution is 7.89. The molecule has 2 aromatic carbocycles. The van der Waals surface area contributed by atoms with E-state index in [0.29, 0.717) is 38.5 Å². The summed E-state index contributed by atoms with van der Waals surface area (Å²) in [5, 5.41) is 17.5. The average molecular weight is 505 g/mol. The topological polar surface area (TPSA) is 155 Å². The Labute approximate surface area is 205 Å². The monoisotopic (exact) mass is 504 g/mol. The van der Waals surface area contributed by atoms with E-state index >= 15 is 0 Å². The van der Waals surface area contributed by atoms with E-state index in [1.54, 1.807) is 4.90 Å². The molecule has 3 rings (SSSR count). The van der Waals surface area contributed by atoms with Crippen LogP contribution in [-0.2, 0) is 26.0 Å². The van der Waals surface area contributed by atoms with Gasteiger partial charge < -0.3 is 25.2 Å². The van der Waals surface area contributed by atoms with Crippen molar-refractivity contribution in [2.75, 3.05) is 39.5 Å². The van der Waals surface area contributed by atoms with Crippen LogP contribution in [0.1, 0.15) is 36.5 Å². The first-order valence-electron chi connectivity index (χ1n) is 11.4. The number of morpholine rings is 1. The molecule has 1 aliphatic rings. The zero-order chi connectivity index (χ0) is 25.6. The second kappa shape index (κ2) is 11.5. The summed E-state index contributed by atoms with van der Waals surface area (Å²) in [5.74, 6) is -0.0971. The summed E-state index contributed by atoms with van der Waals surface area (Å²) in [4.78, 5) is 13.9. The zero-order valence-corrected chi connectivity index (χ0v) is 20.7. The van der Waals surface area contributed by atoms with Crippen LogP contribution in [0.25, 0.3) is 0 Å². The van der Waals surface area contributed by atoms with Crippen molar-refractivity contribution >= 4 is 21.8 Å². The molecule has 0 bridgehead atoms. The van der Waals surface area contributed by atoms with Gasteiger partial charge in [-0.3, -0.25) is 10.2 Å². The molecular formula is C24H32N4O6S. The fraction of sp³-hybridized carbons (Fsp3) is 0.417. The second-order valence-electron chi connectivity index (χ2n) is 8.55. The molecule has 5 N–H and O–H groups in total. The van der Waals surface area contributed by atoms with Crippen molar-refractivity contribution < 1.29 is 27.8 Å². The van der Waals surface area contributed by atoms with Crippen LogP contribution in [0.5, 0.6) is 11.5 Å². The summed E-state index contributed by atoms with van der Waals surface area (Å²) in [6, 6.07) is 9.41. The van der Waals surface area contributed by atoms with Gasteiger partial charge in [-0.15, -0.1) is 0 Å². The Kier molecular flexibility index (Phi) is 8.71. The molecule has 35 heavy (non-hydrogen) atoms. The van der Waals surface area contributed by atoms with Crippen molar-refractivity contribution in [2.45, 2.75) is 31.1 Å². The summed E-state index contributed by atoms with van der Waals surface area (Å²) in [6.45, 7) is 6.07. The van der Waals surface area contributed by atoms with Crippen LogP contribution in [0.2, 0.25) is 0 Å². The first kappa shape index (κ1) is 26.5. The number of carbonyl (C=O) groups excluding carboxylic acids is 1. The van der Waals surface area contributed by atoms with Gasteiger partial charge in [-0.25, -0.2) is 13.1 Å². The zero-order valence-electron chi connectivity index (χ0n) is 19.9. The van der Waals surface area contributed by atoms with E-state index in [-0.39, 0.29) is 41.3 Å². The third kappa shape index (κ3) is 6.93. The Morgan fingerprint density at radius 3 is 2.60 bits per heavy atom. The van der Waals surface area contributed by atoms with Crippen molar-refractivity contribution in [2.24, 2.45) is 5.73 Å². The lowest BCUT2D eigenvalue weighted by Crippen LogP contribution is -2.43. The van der Waals surface area contributed by atoms with Crippen LogP contribution in [-0.4, -0.2) is 69.6 Å². The lowest BCUT2D eigenvalue weighted by Gasteiger charge is -2.27. The largest absolute Gasteiger partial charge is 0.507 e. The number of benzene rings is 2. The van der Waals surface area contributed by atoms with Gasteiger partial charge in [0.25, 0.3) is 5.91 Å². The van der Waals surface area contributed by atoms with Gasteiger partial charge in [0.2, 0.25) is 10.0 Å². The summed E-state index contributed by atoms with van der Waals surface area (Å²) in [7, 11) is -4.06. The summed E-state index contributed by atoms with van der Waals surface area (Å²) in [6.07, 6.45) is 0.297. The Morgan fingerprint density at radius 1 is 1.23 bits per heavy atom. The Bertz CT molecular complexity index is 1180. The molecule has 0 atom stereocenters. The molecule has 1 aliphatic heterocycles. The quantitative estimate of drug-likeness (QED) is 0.283. The highest BCUT2D eigenvalue weighted by atomic mass is 32.2. The van der Waals surface area contributed by atoms with E-state index in [0.717, 1.165) is 17.2 Å².